The number of hydrogen-bond donors (Lipinski definition) is 1. The molecule has 1 atom stereocenters. The van der Waals surface area contributed by atoms with Gasteiger partial charge >= 0.3 is 5.97 Å². The summed E-state index contributed by atoms with van der Waals surface area (Å²) >= 11 is 5.94. The second-order valence-electron chi connectivity index (χ2n) is 5.78. The molecule has 0 radical (unpaired) electrons. The molecule has 0 fully saturated rings. The number of benzene rings is 2. The zero-order valence-electron chi connectivity index (χ0n) is 15.5. The van der Waals surface area contributed by atoms with E-state index in [1.807, 2.05) is 24.3 Å². The Hall–Kier alpha value is -2.73. The van der Waals surface area contributed by atoms with Crippen molar-refractivity contribution in [3.05, 3.63) is 53.1 Å². The van der Waals surface area contributed by atoms with E-state index in [1.165, 1.54) is 14.0 Å². The van der Waals surface area contributed by atoms with E-state index in [9.17, 15) is 9.59 Å². The van der Waals surface area contributed by atoms with E-state index in [4.69, 9.17) is 25.8 Å². The number of carbonyl (C=O) groups is 2. The van der Waals surface area contributed by atoms with E-state index < -0.39 is 18.0 Å². The monoisotopic (exact) mass is 391 g/mol. The molecule has 0 saturated carbocycles. The highest BCUT2D eigenvalue weighted by Gasteiger charge is 2.19. The van der Waals surface area contributed by atoms with E-state index in [0.717, 1.165) is 5.56 Å². The second-order valence-corrected chi connectivity index (χ2v) is 6.21. The summed E-state index contributed by atoms with van der Waals surface area (Å²) in [6.45, 7) is 1.51. The van der Waals surface area contributed by atoms with Crippen LogP contribution in [0.25, 0.3) is 0 Å². The lowest BCUT2D eigenvalue weighted by Crippen LogP contribution is -2.30. The number of carbonyl (C=O) groups excluding carboxylic acids is 2. The van der Waals surface area contributed by atoms with Gasteiger partial charge in [-0.3, -0.25) is 9.59 Å². The molecular formula is C20H22ClNO5. The quantitative estimate of drug-likeness (QED) is 0.691. The first-order valence-corrected chi connectivity index (χ1v) is 8.78. The third-order valence-corrected chi connectivity index (χ3v) is 4.12. The highest BCUT2D eigenvalue weighted by Crippen LogP contribution is 2.28. The Morgan fingerprint density at radius 1 is 1.07 bits per heavy atom. The number of amides is 1. The number of methoxy groups -OCH3 is 2. The Labute approximate surface area is 163 Å². The standard InChI is InChI=1S/C20H22ClNO5/c1-13(20(24)22-16-12-15(21)9-10-18(16)26-3)27-19(23)11-8-14-6-4-5-7-17(14)25-2/h4-7,9-10,12-13H,8,11H2,1-3H3,(H,22,24)/t13-/m1/s1. The van der Waals surface area contributed by atoms with Crippen molar-refractivity contribution in [2.75, 3.05) is 19.5 Å². The summed E-state index contributed by atoms with van der Waals surface area (Å²) in [6.07, 6.45) is -0.364. The SMILES string of the molecule is COc1ccccc1CCC(=O)O[C@H](C)C(=O)Nc1cc(Cl)ccc1OC. The largest absolute Gasteiger partial charge is 0.496 e. The Morgan fingerprint density at radius 3 is 2.48 bits per heavy atom. The van der Waals surface area contributed by atoms with Gasteiger partial charge < -0.3 is 19.5 Å². The molecule has 0 saturated heterocycles. The van der Waals surface area contributed by atoms with Crippen LogP contribution >= 0.6 is 11.6 Å². The molecule has 0 spiro atoms. The number of para-hydroxylation sites is 1. The van der Waals surface area contributed by atoms with Gasteiger partial charge in [-0.2, -0.15) is 0 Å². The summed E-state index contributed by atoms with van der Waals surface area (Å²) in [5.74, 6) is 0.231. The van der Waals surface area contributed by atoms with E-state index in [0.29, 0.717) is 28.6 Å². The Balaban J connectivity index is 1.90. The van der Waals surface area contributed by atoms with Gasteiger partial charge in [0.1, 0.15) is 11.5 Å². The van der Waals surface area contributed by atoms with Crippen molar-refractivity contribution in [2.24, 2.45) is 0 Å². The van der Waals surface area contributed by atoms with Gasteiger partial charge in [-0.15, -0.1) is 0 Å². The number of halogens is 1. The van der Waals surface area contributed by atoms with Gasteiger partial charge in [0.2, 0.25) is 0 Å². The lowest BCUT2D eigenvalue weighted by atomic mass is 10.1. The first-order valence-electron chi connectivity index (χ1n) is 8.40. The molecule has 1 amide bonds. The normalized spacial score (nSPS) is 11.4. The van der Waals surface area contributed by atoms with E-state index in [2.05, 4.69) is 5.32 Å². The Morgan fingerprint density at radius 2 is 1.78 bits per heavy atom. The van der Waals surface area contributed by atoms with Crippen molar-refractivity contribution >= 4 is 29.2 Å². The number of aryl methyl sites for hydroxylation is 1. The van der Waals surface area contributed by atoms with E-state index in [-0.39, 0.29) is 6.42 Å². The summed E-state index contributed by atoms with van der Waals surface area (Å²) < 4.78 is 15.7. The summed E-state index contributed by atoms with van der Waals surface area (Å²) in [7, 11) is 3.06. The van der Waals surface area contributed by atoms with Gasteiger partial charge in [0.15, 0.2) is 6.10 Å². The van der Waals surface area contributed by atoms with Crippen LogP contribution in [0, 0.1) is 0 Å². The molecule has 27 heavy (non-hydrogen) atoms. The number of nitrogens with one attached hydrogen (secondary N) is 1. The van der Waals surface area contributed by atoms with Crippen LogP contribution in [0.1, 0.15) is 18.9 Å². The maximum absolute atomic E-state index is 12.3. The minimum absolute atomic E-state index is 0.137. The van der Waals surface area contributed by atoms with Gasteiger partial charge in [0, 0.05) is 11.4 Å². The van der Waals surface area contributed by atoms with Gasteiger partial charge in [-0.05, 0) is 43.2 Å². The van der Waals surface area contributed by atoms with Crippen molar-refractivity contribution in [3.63, 3.8) is 0 Å². The minimum Gasteiger partial charge on any atom is -0.496 e. The first kappa shape index (κ1) is 20.6. The van der Waals surface area contributed by atoms with Crippen molar-refractivity contribution < 1.29 is 23.8 Å². The molecular weight excluding hydrogens is 370 g/mol. The molecule has 0 aromatic heterocycles. The van der Waals surface area contributed by atoms with Crippen LogP contribution < -0.4 is 14.8 Å². The number of hydrogen-bond acceptors (Lipinski definition) is 5. The lowest BCUT2D eigenvalue weighted by Gasteiger charge is -2.15. The maximum atomic E-state index is 12.3. The molecule has 2 aromatic carbocycles. The molecule has 1 N–H and O–H groups in total. The highest BCUT2D eigenvalue weighted by molar-refractivity contribution is 6.31. The molecule has 0 unspecified atom stereocenters. The third-order valence-electron chi connectivity index (χ3n) is 3.89. The Bertz CT molecular complexity index is 809. The molecule has 2 rings (SSSR count). The maximum Gasteiger partial charge on any atom is 0.306 e. The minimum atomic E-state index is -0.959. The predicted molar refractivity (Wildman–Crippen MR) is 104 cm³/mol. The van der Waals surface area contributed by atoms with Crippen molar-refractivity contribution in [2.45, 2.75) is 25.9 Å². The topological polar surface area (TPSA) is 73.9 Å². The number of esters is 1. The second kappa shape index (κ2) is 9.83. The summed E-state index contributed by atoms with van der Waals surface area (Å²) in [5.41, 5.74) is 1.31. The Kier molecular flexibility index (Phi) is 7.49. The molecule has 0 heterocycles. The molecule has 0 aliphatic rings. The van der Waals surface area contributed by atoms with Crippen LogP contribution in [0.2, 0.25) is 5.02 Å². The van der Waals surface area contributed by atoms with Gasteiger partial charge in [0.25, 0.3) is 5.91 Å². The number of rotatable bonds is 8. The zero-order valence-corrected chi connectivity index (χ0v) is 16.2. The molecule has 6 nitrogen and oxygen atoms in total. The van der Waals surface area contributed by atoms with Crippen molar-refractivity contribution in [1.82, 2.24) is 0 Å². The molecule has 7 heteroatoms. The van der Waals surface area contributed by atoms with Crippen LogP contribution in [-0.4, -0.2) is 32.2 Å². The molecule has 144 valence electrons. The van der Waals surface area contributed by atoms with Crippen LogP contribution in [0.5, 0.6) is 11.5 Å². The zero-order chi connectivity index (χ0) is 19.8. The fourth-order valence-corrected chi connectivity index (χ4v) is 2.64. The molecule has 0 aliphatic carbocycles. The third kappa shape index (κ3) is 5.89. The van der Waals surface area contributed by atoms with Gasteiger partial charge in [-0.1, -0.05) is 29.8 Å². The predicted octanol–water partition coefficient (Wildman–Crippen LogP) is 3.86. The van der Waals surface area contributed by atoms with Crippen LogP contribution in [-0.2, 0) is 20.7 Å². The van der Waals surface area contributed by atoms with Crippen LogP contribution in [0.15, 0.2) is 42.5 Å². The van der Waals surface area contributed by atoms with Crippen LogP contribution in [0.4, 0.5) is 5.69 Å². The molecule has 0 bridgehead atoms. The molecule has 2 aromatic rings. The summed E-state index contributed by atoms with van der Waals surface area (Å²) in [6, 6.07) is 12.3. The van der Waals surface area contributed by atoms with Crippen LogP contribution in [0.3, 0.4) is 0 Å². The van der Waals surface area contributed by atoms with Gasteiger partial charge in [-0.25, -0.2) is 0 Å². The van der Waals surface area contributed by atoms with Gasteiger partial charge in [0.05, 0.1) is 19.9 Å². The fourth-order valence-electron chi connectivity index (χ4n) is 2.47. The van der Waals surface area contributed by atoms with Crippen molar-refractivity contribution in [3.8, 4) is 11.5 Å². The first-order chi connectivity index (χ1) is 12.9. The molecule has 0 aliphatic heterocycles. The summed E-state index contributed by atoms with van der Waals surface area (Å²) in [5, 5.41) is 3.11. The average Bonchev–Trinajstić information content (AvgIpc) is 2.66. The summed E-state index contributed by atoms with van der Waals surface area (Å²) in [4.78, 5) is 24.4. The lowest BCUT2D eigenvalue weighted by molar-refractivity contribution is -0.153. The van der Waals surface area contributed by atoms with E-state index in [1.54, 1.807) is 25.3 Å². The highest BCUT2D eigenvalue weighted by atomic mass is 35.5. The number of anilines is 1. The average molecular weight is 392 g/mol. The van der Waals surface area contributed by atoms with E-state index >= 15 is 0 Å². The smallest absolute Gasteiger partial charge is 0.306 e. The van der Waals surface area contributed by atoms with Crippen molar-refractivity contribution in [1.29, 1.82) is 0 Å². The number of ether oxygens (including phenoxy) is 3. The fraction of sp³-hybridized carbons (Fsp3) is 0.300.